The van der Waals surface area contributed by atoms with Crippen LogP contribution < -0.4 is 0 Å². The molecular formula is C18H23ClN2O5S. The maximum atomic E-state index is 13.0. The third-order valence-electron chi connectivity index (χ3n) is 5.48. The van der Waals surface area contributed by atoms with E-state index in [-0.39, 0.29) is 34.7 Å². The number of carboxylic acid groups (broad SMARTS) is 1. The summed E-state index contributed by atoms with van der Waals surface area (Å²) in [4.78, 5) is 28.0. The second kappa shape index (κ2) is 7.77. The molecular weight excluding hydrogens is 392 g/mol. The fourth-order valence-electron chi connectivity index (χ4n) is 3.84. The van der Waals surface area contributed by atoms with E-state index in [1.165, 1.54) is 17.0 Å². The Balaban J connectivity index is 1.84. The smallest absolute Gasteiger partial charge is 0.326 e. The Morgan fingerprint density at radius 1 is 1.19 bits per heavy atom. The van der Waals surface area contributed by atoms with Crippen molar-refractivity contribution in [1.82, 2.24) is 9.80 Å². The lowest BCUT2D eigenvalue weighted by molar-refractivity contribution is -0.150. The van der Waals surface area contributed by atoms with Crippen LogP contribution in [0.5, 0.6) is 0 Å². The number of amides is 1. The molecule has 0 spiro atoms. The minimum atomic E-state index is -3.84. The summed E-state index contributed by atoms with van der Waals surface area (Å²) in [6.45, 7) is 1.42. The van der Waals surface area contributed by atoms with E-state index in [0.29, 0.717) is 12.8 Å². The van der Waals surface area contributed by atoms with Gasteiger partial charge in [-0.25, -0.2) is 13.2 Å². The number of rotatable bonds is 4. The fraction of sp³-hybridized carbons (Fsp3) is 0.556. The molecule has 1 aromatic carbocycles. The summed E-state index contributed by atoms with van der Waals surface area (Å²) in [6.07, 6.45) is 1.18. The first kappa shape index (κ1) is 20.1. The first-order valence-corrected chi connectivity index (χ1v) is 10.8. The Labute approximate surface area is 163 Å². The molecule has 1 aromatic rings. The Kier molecular flexibility index (Phi) is 5.79. The highest BCUT2D eigenvalue weighted by molar-refractivity contribution is 7.92. The van der Waals surface area contributed by atoms with E-state index < -0.39 is 27.1 Å². The third kappa shape index (κ3) is 3.97. The van der Waals surface area contributed by atoms with E-state index in [9.17, 15) is 23.1 Å². The lowest BCUT2D eigenvalue weighted by atomic mass is 9.95. The molecule has 2 atom stereocenters. The summed E-state index contributed by atoms with van der Waals surface area (Å²) < 4.78 is 26.0. The van der Waals surface area contributed by atoms with Gasteiger partial charge in [-0.15, -0.1) is 0 Å². The van der Waals surface area contributed by atoms with Gasteiger partial charge in [0.1, 0.15) is 6.04 Å². The van der Waals surface area contributed by atoms with Gasteiger partial charge in [0.15, 0.2) is 9.84 Å². The molecule has 0 bridgehead atoms. The standard InChI is InChI=1S/C18H23ClN2O5S/c1-20-8-6-12(7-9-20)17(22)21-11-13(10-15(21)18(23)24)27(25,26)16-5-3-2-4-14(16)19/h2-5,12-13,15H,6-11H2,1H3,(H,23,24)/t13-,15+/m1/s1. The van der Waals surface area contributed by atoms with E-state index in [1.807, 2.05) is 7.05 Å². The Bertz CT molecular complexity index is 836. The summed E-state index contributed by atoms with van der Waals surface area (Å²) in [7, 11) is -1.86. The predicted octanol–water partition coefficient (Wildman–Crippen LogP) is 1.51. The van der Waals surface area contributed by atoms with Gasteiger partial charge in [-0.1, -0.05) is 23.7 Å². The van der Waals surface area contributed by atoms with Crippen molar-refractivity contribution in [2.45, 2.75) is 35.4 Å². The molecule has 148 valence electrons. The SMILES string of the molecule is CN1CCC(C(=O)N2C[C@H](S(=O)(=O)c3ccccc3Cl)C[C@H]2C(=O)O)CC1. The maximum Gasteiger partial charge on any atom is 0.326 e. The molecule has 2 heterocycles. The number of nitrogens with zero attached hydrogens (tertiary/aromatic N) is 2. The monoisotopic (exact) mass is 414 g/mol. The number of carbonyl (C=O) groups excluding carboxylic acids is 1. The molecule has 2 fully saturated rings. The van der Waals surface area contributed by atoms with E-state index in [4.69, 9.17) is 11.6 Å². The number of halogens is 1. The van der Waals surface area contributed by atoms with Crippen LogP contribution in [0.2, 0.25) is 5.02 Å². The van der Waals surface area contributed by atoms with Crippen molar-refractivity contribution >= 4 is 33.3 Å². The van der Waals surface area contributed by atoms with Gasteiger partial charge in [0, 0.05) is 12.5 Å². The van der Waals surface area contributed by atoms with Gasteiger partial charge < -0.3 is 14.9 Å². The van der Waals surface area contributed by atoms with Gasteiger partial charge in [-0.2, -0.15) is 0 Å². The molecule has 2 saturated heterocycles. The van der Waals surface area contributed by atoms with E-state index in [2.05, 4.69) is 4.90 Å². The zero-order valence-electron chi connectivity index (χ0n) is 15.0. The number of carbonyl (C=O) groups is 2. The van der Waals surface area contributed by atoms with E-state index >= 15 is 0 Å². The number of sulfone groups is 1. The molecule has 0 aromatic heterocycles. The Hall–Kier alpha value is -1.64. The van der Waals surface area contributed by atoms with Crippen molar-refractivity contribution in [2.24, 2.45) is 5.92 Å². The normalized spacial score (nSPS) is 24.9. The zero-order valence-corrected chi connectivity index (χ0v) is 16.6. The predicted molar refractivity (Wildman–Crippen MR) is 100 cm³/mol. The van der Waals surface area contributed by atoms with Crippen molar-refractivity contribution < 1.29 is 23.1 Å². The quantitative estimate of drug-likeness (QED) is 0.802. The highest BCUT2D eigenvalue weighted by atomic mass is 35.5. The number of carboxylic acids is 1. The number of hydrogen-bond acceptors (Lipinski definition) is 5. The first-order chi connectivity index (χ1) is 12.7. The molecule has 7 nitrogen and oxygen atoms in total. The highest BCUT2D eigenvalue weighted by Crippen LogP contribution is 2.33. The van der Waals surface area contributed by atoms with Crippen LogP contribution in [0.1, 0.15) is 19.3 Å². The van der Waals surface area contributed by atoms with Crippen molar-refractivity contribution in [2.75, 3.05) is 26.7 Å². The number of benzene rings is 1. The Morgan fingerprint density at radius 2 is 1.81 bits per heavy atom. The van der Waals surface area contributed by atoms with Gasteiger partial charge in [0.2, 0.25) is 5.91 Å². The van der Waals surface area contributed by atoms with E-state index in [1.54, 1.807) is 12.1 Å². The second-order valence-electron chi connectivity index (χ2n) is 7.26. The number of aliphatic carboxylic acids is 1. The molecule has 1 N–H and O–H groups in total. The average molecular weight is 415 g/mol. The molecule has 0 aliphatic carbocycles. The minimum Gasteiger partial charge on any atom is -0.480 e. The van der Waals surface area contributed by atoms with Crippen LogP contribution in [0.3, 0.4) is 0 Å². The average Bonchev–Trinajstić information content (AvgIpc) is 3.08. The van der Waals surface area contributed by atoms with Crippen LogP contribution in [-0.4, -0.2) is 73.2 Å². The van der Waals surface area contributed by atoms with Crippen molar-refractivity contribution in [3.63, 3.8) is 0 Å². The van der Waals surface area contributed by atoms with Gasteiger partial charge in [0.05, 0.1) is 15.2 Å². The molecule has 27 heavy (non-hydrogen) atoms. The van der Waals surface area contributed by atoms with E-state index in [0.717, 1.165) is 13.1 Å². The molecule has 9 heteroatoms. The molecule has 2 aliphatic rings. The molecule has 3 rings (SSSR count). The highest BCUT2D eigenvalue weighted by Gasteiger charge is 2.47. The number of hydrogen-bond donors (Lipinski definition) is 1. The second-order valence-corrected chi connectivity index (χ2v) is 9.86. The van der Waals surface area contributed by atoms with Crippen LogP contribution in [0.25, 0.3) is 0 Å². The van der Waals surface area contributed by atoms with Gasteiger partial charge in [0.25, 0.3) is 0 Å². The maximum absolute atomic E-state index is 13.0. The van der Waals surface area contributed by atoms with Crippen LogP contribution in [0, 0.1) is 5.92 Å². The summed E-state index contributed by atoms with van der Waals surface area (Å²) in [5.74, 6) is -1.69. The van der Waals surface area contributed by atoms with Crippen LogP contribution in [-0.2, 0) is 19.4 Å². The molecule has 1 amide bonds. The summed E-state index contributed by atoms with van der Waals surface area (Å²) >= 11 is 6.04. The van der Waals surface area contributed by atoms with Crippen LogP contribution in [0.4, 0.5) is 0 Å². The topological polar surface area (TPSA) is 95.0 Å². The number of piperidine rings is 1. The lowest BCUT2D eigenvalue weighted by Crippen LogP contribution is -2.46. The van der Waals surface area contributed by atoms with Crippen LogP contribution >= 0.6 is 11.6 Å². The molecule has 2 aliphatic heterocycles. The molecule has 0 unspecified atom stereocenters. The first-order valence-electron chi connectivity index (χ1n) is 8.92. The largest absolute Gasteiger partial charge is 0.480 e. The fourth-order valence-corrected chi connectivity index (χ4v) is 6.06. The number of likely N-dealkylation sites (tertiary alicyclic amines) is 2. The van der Waals surface area contributed by atoms with Crippen molar-refractivity contribution in [3.05, 3.63) is 29.3 Å². The minimum absolute atomic E-state index is 0.0191. The lowest BCUT2D eigenvalue weighted by Gasteiger charge is -2.32. The molecule has 0 saturated carbocycles. The molecule has 0 radical (unpaired) electrons. The summed E-state index contributed by atoms with van der Waals surface area (Å²) in [5.41, 5.74) is 0. The van der Waals surface area contributed by atoms with Crippen molar-refractivity contribution in [1.29, 1.82) is 0 Å². The van der Waals surface area contributed by atoms with Gasteiger partial charge in [-0.05, 0) is 51.5 Å². The van der Waals surface area contributed by atoms with Crippen LogP contribution in [0.15, 0.2) is 29.2 Å². The van der Waals surface area contributed by atoms with Gasteiger partial charge in [-0.3, -0.25) is 4.79 Å². The van der Waals surface area contributed by atoms with Gasteiger partial charge >= 0.3 is 5.97 Å². The summed E-state index contributed by atoms with van der Waals surface area (Å²) in [5, 5.41) is 8.68. The third-order valence-corrected chi connectivity index (χ3v) is 8.11. The van der Waals surface area contributed by atoms with Crippen molar-refractivity contribution in [3.8, 4) is 0 Å². The summed E-state index contributed by atoms with van der Waals surface area (Å²) in [6, 6.07) is 4.98. The Morgan fingerprint density at radius 3 is 2.41 bits per heavy atom. The zero-order chi connectivity index (χ0) is 19.8.